The van der Waals surface area contributed by atoms with E-state index in [1.165, 1.54) is 17.8 Å². The van der Waals surface area contributed by atoms with Crippen molar-refractivity contribution in [2.45, 2.75) is 71.4 Å². The minimum absolute atomic E-state index is 0.0363. The fraction of sp³-hybridized carbons (Fsp3) is 0.571. The van der Waals surface area contributed by atoms with E-state index in [2.05, 4.69) is 9.36 Å². The fourth-order valence-electron chi connectivity index (χ4n) is 3.26. The number of nitriles is 1. The van der Waals surface area contributed by atoms with Crippen molar-refractivity contribution in [3.63, 3.8) is 0 Å². The maximum Gasteiger partial charge on any atom is 0.227 e. The van der Waals surface area contributed by atoms with Crippen molar-refractivity contribution < 1.29 is 18.5 Å². The van der Waals surface area contributed by atoms with Crippen LogP contribution in [0.5, 0.6) is 0 Å². The van der Waals surface area contributed by atoms with Gasteiger partial charge in [-0.05, 0) is 48.4 Å². The molecule has 1 aliphatic rings. The number of hydrogen-bond donors (Lipinski definition) is 1. The van der Waals surface area contributed by atoms with Gasteiger partial charge < -0.3 is 13.7 Å². The molecule has 164 valence electrons. The van der Waals surface area contributed by atoms with Crippen molar-refractivity contribution in [1.29, 1.82) is 5.26 Å². The minimum atomic E-state index is -1.97. The number of hydrogen-bond acceptors (Lipinski definition) is 7. The van der Waals surface area contributed by atoms with Gasteiger partial charge in [0, 0.05) is 10.1 Å². The van der Waals surface area contributed by atoms with Gasteiger partial charge in [-0.3, -0.25) is 9.79 Å². The van der Waals surface area contributed by atoms with E-state index in [1.807, 2.05) is 19.9 Å². The summed E-state index contributed by atoms with van der Waals surface area (Å²) in [5, 5.41) is 19.3. The van der Waals surface area contributed by atoms with E-state index >= 15 is 0 Å². The number of amides is 1. The summed E-state index contributed by atoms with van der Waals surface area (Å²) in [6.07, 6.45) is -0.206. The number of carbonyl (C=O) groups excluding carboxylic acids is 1. The van der Waals surface area contributed by atoms with Crippen LogP contribution in [0, 0.1) is 17.1 Å². The van der Waals surface area contributed by atoms with Crippen LogP contribution in [0.1, 0.15) is 75.6 Å². The smallest absolute Gasteiger partial charge is 0.227 e. The van der Waals surface area contributed by atoms with Gasteiger partial charge in [-0.2, -0.15) is 5.26 Å². The van der Waals surface area contributed by atoms with E-state index < -0.39 is 34.0 Å². The zero-order chi connectivity index (χ0) is 22.8. The van der Waals surface area contributed by atoms with Gasteiger partial charge in [0.2, 0.25) is 5.91 Å². The monoisotopic (exact) mass is 452 g/mol. The second-order valence-electron chi connectivity index (χ2n) is 8.43. The average Bonchev–Trinajstić information content (AvgIpc) is 3.11. The second kappa shape index (κ2) is 9.58. The summed E-state index contributed by atoms with van der Waals surface area (Å²) in [5.74, 6) is -1.08. The molecule has 0 aliphatic carbocycles. The minimum Gasteiger partial charge on any atom is -0.438 e. The van der Waals surface area contributed by atoms with Gasteiger partial charge in [-0.25, -0.2) is 4.39 Å². The first-order valence-corrected chi connectivity index (χ1v) is 11.8. The van der Waals surface area contributed by atoms with Crippen LogP contribution in [0.4, 0.5) is 4.39 Å². The molecule has 0 spiro atoms. The SMILES string of the molecule is CC(C)c1cc(C#N)c(F)c(C(C)C)c1CC(=O)N=[S-](=O)C1=NC(C(C)(C)O)CS1. The van der Waals surface area contributed by atoms with Crippen LogP contribution >= 0.6 is 11.8 Å². The lowest BCUT2D eigenvalue weighted by atomic mass is 9.85. The third kappa shape index (κ3) is 5.48. The van der Waals surface area contributed by atoms with Gasteiger partial charge in [-0.15, -0.1) is 22.4 Å². The van der Waals surface area contributed by atoms with Crippen molar-refractivity contribution in [3.8, 4) is 6.07 Å². The van der Waals surface area contributed by atoms with E-state index in [0.717, 1.165) is 0 Å². The molecule has 1 amide bonds. The first kappa shape index (κ1) is 24.5. The lowest BCUT2D eigenvalue weighted by Gasteiger charge is -2.22. The number of nitrogens with zero attached hydrogens (tertiary/aromatic N) is 3. The molecule has 1 unspecified atom stereocenters. The Bertz CT molecular complexity index is 998. The summed E-state index contributed by atoms with van der Waals surface area (Å²) >= 11 is 1.21. The molecule has 9 heteroatoms. The third-order valence-corrected chi connectivity index (χ3v) is 7.26. The number of carbonyl (C=O) groups is 1. The molecule has 1 aromatic carbocycles. The van der Waals surface area contributed by atoms with Crippen LogP contribution in [-0.4, -0.2) is 32.8 Å². The highest BCUT2D eigenvalue weighted by atomic mass is 32.2. The zero-order valence-electron chi connectivity index (χ0n) is 18.0. The number of halogens is 1. The molecule has 30 heavy (non-hydrogen) atoms. The largest absolute Gasteiger partial charge is 0.438 e. The molecular formula is C21H27FN3O3S2-. The van der Waals surface area contributed by atoms with Gasteiger partial charge in [0.15, 0.2) is 0 Å². The van der Waals surface area contributed by atoms with Gasteiger partial charge in [-0.1, -0.05) is 27.7 Å². The molecule has 1 heterocycles. The Labute approximate surface area is 183 Å². The summed E-state index contributed by atoms with van der Waals surface area (Å²) in [7, 11) is -1.97. The Morgan fingerprint density at radius 3 is 2.53 bits per heavy atom. The van der Waals surface area contributed by atoms with Crippen molar-refractivity contribution in [1.82, 2.24) is 0 Å². The van der Waals surface area contributed by atoms with Crippen molar-refractivity contribution in [3.05, 3.63) is 34.1 Å². The topological polar surface area (TPSA) is 103 Å². The predicted octanol–water partition coefficient (Wildman–Crippen LogP) is 4.40. The summed E-state index contributed by atoms with van der Waals surface area (Å²) < 4.78 is 31.3. The molecular weight excluding hydrogens is 425 g/mol. The molecule has 0 radical (unpaired) electrons. The Balaban J connectivity index is 2.41. The number of benzene rings is 1. The summed E-state index contributed by atoms with van der Waals surface area (Å²) in [4.78, 5) is 16.8. The van der Waals surface area contributed by atoms with Crippen LogP contribution < -0.4 is 0 Å². The van der Waals surface area contributed by atoms with E-state index in [9.17, 15) is 23.8 Å². The van der Waals surface area contributed by atoms with Crippen LogP contribution in [0.15, 0.2) is 15.4 Å². The predicted molar refractivity (Wildman–Crippen MR) is 118 cm³/mol. The van der Waals surface area contributed by atoms with Gasteiger partial charge in [0.1, 0.15) is 11.9 Å². The van der Waals surface area contributed by atoms with Crippen molar-refractivity contribution in [2.75, 3.05) is 5.75 Å². The highest BCUT2D eigenvalue weighted by Crippen LogP contribution is 2.33. The highest BCUT2D eigenvalue weighted by Gasteiger charge is 2.29. The van der Waals surface area contributed by atoms with Gasteiger partial charge >= 0.3 is 0 Å². The Kier molecular flexibility index (Phi) is 7.83. The summed E-state index contributed by atoms with van der Waals surface area (Å²) in [5.41, 5.74) is 0.426. The standard InChI is InChI=1S/C21H27FN3O3S2/c1-11(2)14-7-13(9-23)19(22)18(12(3)4)15(14)8-17(26)25-30(28)20-24-16(10-29-20)21(5,6)27/h7,11-12,16,27H,8,10H2,1-6H3/q-1. The van der Waals surface area contributed by atoms with Gasteiger partial charge in [0.25, 0.3) is 0 Å². The molecule has 1 aliphatic heterocycles. The normalized spacial score (nSPS) is 18.0. The van der Waals surface area contributed by atoms with Crippen LogP contribution in [0.3, 0.4) is 0 Å². The number of aliphatic imine (C=N–C) groups is 1. The van der Waals surface area contributed by atoms with Gasteiger partial charge in [0.05, 0.1) is 23.6 Å². The zero-order valence-corrected chi connectivity index (χ0v) is 19.7. The van der Waals surface area contributed by atoms with E-state index in [0.29, 0.717) is 22.4 Å². The molecule has 0 fully saturated rings. The first-order chi connectivity index (χ1) is 13.9. The first-order valence-electron chi connectivity index (χ1n) is 9.71. The highest BCUT2D eigenvalue weighted by molar-refractivity contribution is 8.30. The molecule has 1 aromatic rings. The summed E-state index contributed by atoms with van der Waals surface area (Å²) in [6.45, 7) is 10.7. The quantitative estimate of drug-likeness (QED) is 0.667. The Hall–Kier alpha value is -1.76. The molecule has 2 rings (SSSR count). The molecule has 0 aromatic heterocycles. The number of rotatable bonds is 5. The third-order valence-electron chi connectivity index (χ3n) is 4.87. The lowest BCUT2D eigenvalue weighted by Crippen LogP contribution is -2.34. The Morgan fingerprint density at radius 1 is 1.43 bits per heavy atom. The van der Waals surface area contributed by atoms with Crippen molar-refractivity contribution >= 4 is 32.6 Å². The molecule has 0 saturated heterocycles. The van der Waals surface area contributed by atoms with E-state index in [-0.39, 0.29) is 28.2 Å². The average molecular weight is 453 g/mol. The summed E-state index contributed by atoms with van der Waals surface area (Å²) in [6, 6.07) is 2.95. The van der Waals surface area contributed by atoms with Crippen LogP contribution in [0.25, 0.3) is 0 Å². The number of aliphatic hydroxyl groups is 1. The molecule has 1 N–H and O–H groups in total. The van der Waals surface area contributed by atoms with Crippen LogP contribution in [0.2, 0.25) is 0 Å². The Morgan fingerprint density at radius 2 is 2.07 bits per heavy atom. The number of thioether (sulfide) groups is 1. The van der Waals surface area contributed by atoms with Crippen LogP contribution in [-0.2, 0) is 26.0 Å². The maximum atomic E-state index is 14.9. The maximum absolute atomic E-state index is 14.9. The van der Waals surface area contributed by atoms with E-state index in [1.54, 1.807) is 27.7 Å². The van der Waals surface area contributed by atoms with E-state index in [4.69, 9.17) is 0 Å². The molecule has 6 nitrogen and oxygen atoms in total. The second-order valence-corrected chi connectivity index (χ2v) is 10.8. The molecule has 1 atom stereocenters. The molecule has 0 saturated carbocycles. The van der Waals surface area contributed by atoms with Crippen molar-refractivity contribution in [2.24, 2.45) is 9.36 Å². The molecule has 0 bridgehead atoms. The fourth-order valence-corrected chi connectivity index (χ4v) is 5.51. The lowest BCUT2D eigenvalue weighted by molar-refractivity contribution is -0.117.